The molecule has 1 aliphatic heterocycles. The van der Waals surface area contributed by atoms with Crippen LogP contribution in [-0.4, -0.2) is 22.8 Å². The standard InChI is InChI=1S/C23H30O4/c1-7-8-17(24)22-18(25)9-16(10-19(22)26)21-13(4)11(2)12(3)20-14(5)15(6)27-23(20)21/h14-16,24H,7-10H2,1-6H3. The average molecular weight is 370 g/mol. The van der Waals surface area contributed by atoms with Gasteiger partial charge < -0.3 is 9.84 Å². The van der Waals surface area contributed by atoms with Gasteiger partial charge in [-0.3, -0.25) is 9.59 Å². The van der Waals surface area contributed by atoms with E-state index in [9.17, 15) is 14.7 Å². The van der Waals surface area contributed by atoms with Gasteiger partial charge in [-0.25, -0.2) is 0 Å². The molecule has 0 radical (unpaired) electrons. The molecule has 2 unspecified atom stereocenters. The Hall–Kier alpha value is -2.10. The van der Waals surface area contributed by atoms with Crippen molar-refractivity contribution in [3.63, 3.8) is 0 Å². The van der Waals surface area contributed by atoms with E-state index in [1.165, 1.54) is 16.7 Å². The molecule has 0 spiro atoms. The number of carbonyl (C=O) groups excluding carboxylic acids is 2. The van der Waals surface area contributed by atoms with Crippen molar-refractivity contribution in [2.24, 2.45) is 0 Å². The zero-order valence-electron chi connectivity index (χ0n) is 17.2. The van der Waals surface area contributed by atoms with Crippen LogP contribution in [-0.2, 0) is 9.59 Å². The van der Waals surface area contributed by atoms with Gasteiger partial charge in [0.15, 0.2) is 11.6 Å². The summed E-state index contributed by atoms with van der Waals surface area (Å²) in [6.45, 7) is 12.4. The monoisotopic (exact) mass is 370 g/mol. The third-order valence-corrected chi connectivity index (χ3v) is 6.49. The Morgan fingerprint density at radius 1 is 1.00 bits per heavy atom. The van der Waals surface area contributed by atoms with Gasteiger partial charge in [-0.1, -0.05) is 13.8 Å². The van der Waals surface area contributed by atoms with Crippen molar-refractivity contribution in [3.05, 3.63) is 39.1 Å². The predicted octanol–water partition coefficient (Wildman–Crippen LogP) is 5.12. The summed E-state index contributed by atoms with van der Waals surface area (Å²) in [5, 5.41) is 10.1. The molecule has 4 heteroatoms. The molecule has 0 saturated heterocycles. The van der Waals surface area contributed by atoms with E-state index in [4.69, 9.17) is 4.74 Å². The van der Waals surface area contributed by atoms with Crippen LogP contribution in [0.3, 0.4) is 0 Å². The Kier molecular flexibility index (Phi) is 5.20. The molecule has 2 atom stereocenters. The number of rotatable bonds is 3. The van der Waals surface area contributed by atoms with Crippen molar-refractivity contribution in [1.82, 2.24) is 0 Å². The molecule has 0 aromatic heterocycles. The van der Waals surface area contributed by atoms with Gasteiger partial charge in [0.25, 0.3) is 0 Å². The van der Waals surface area contributed by atoms with Gasteiger partial charge in [0.05, 0.1) is 5.57 Å². The van der Waals surface area contributed by atoms with E-state index in [2.05, 4.69) is 34.6 Å². The van der Waals surface area contributed by atoms with Crippen molar-refractivity contribution in [2.75, 3.05) is 0 Å². The van der Waals surface area contributed by atoms with Gasteiger partial charge in [-0.2, -0.15) is 0 Å². The number of Topliss-reactive ketones (excluding diaryl/α,β-unsaturated/α-hetero) is 2. The largest absolute Gasteiger partial charge is 0.511 e. The number of aliphatic hydroxyl groups is 1. The Labute approximate surface area is 161 Å². The second-order valence-electron chi connectivity index (χ2n) is 8.17. The quantitative estimate of drug-likeness (QED) is 0.455. The van der Waals surface area contributed by atoms with Crippen LogP contribution in [0.2, 0.25) is 0 Å². The first kappa shape index (κ1) is 19.7. The van der Waals surface area contributed by atoms with Crippen LogP contribution < -0.4 is 4.74 Å². The van der Waals surface area contributed by atoms with Gasteiger partial charge >= 0.3 is 0 Å². The lowest BCUT2D eigenvalue weighted by Crippen LogP contribution is -2.27. The summed E-state index contributed by atoms with van der Waals surface area (Å²) in [7, 11) is 0. The molecule has 1 heterocycles. The highest BCUT2D eigenvalue weighted by molar-refractivity contribution is 6.22. The molecule has 2 aliphatic rings. The maximum atomic E-state index is 12.7. The van der Waals surface area contributed by atoms with Gasteiger partial charge in [-0.15, -0.1) is 0 Å². The Morgan fingerprint density at radius 2 is 1.56 bits per heavy atom. The topological polar surface area (TPSA) is 63.6 Å². The second kappa shape index (κ2) is 7.14. The van der Waals surface area contributed by atoms with Crippen LogP contribution in [0.4, 0.5) is 0 Å². The molecule has 1 aromatic rings. The van der Waals surface area contributed by atoms with Crippen molar-refractivity contribution in [3.8, 4) is 5.75 Å². The van der Waals surface area contributed by atoms with Crippen LogP contribution in [0, 0.1) is 20.8 Å². The Morgan fingerprint density at radius 3 is 2.11 bits per heavy atom. The number of allylic oxidation sites excluding steroid dienone is 2. The molecule has 1 saturated carbocycles. The minimum atomic E-state index is -0.243. The summed E-state index contributed by atoms with van der Waals surface area (Å²) in [5.41, 5.74) is 5.83. The predicted molar refractivity (Wildman–Crippen MR) is 106 cm³/mol. The van der Waals surface area contributed by atoms with Crippen LogP contribution in [0.5, 0.6) is 5.75 Å². The van der Waals surface area contributed by atoms with Gasteiger partial charge in [-0.05, 0) is 50.8 Å². The maximum absolute atomic E-state index is 12.7. The first-order valence-electron chi connectivity index (χ1n) is 9.97. The number of carbonyl (C=O) groups is 2. The molecule has 1 aliphatic carbocycles. The van der Waals surface area contributed by atoms with E-state index in [1.54, 1.807) is 0 Å². The number of ketones is 2. The average Bonchev–Trinajstić information content (AvgIpc) is 2.87. The Balaban J connectivity index is 2.07. The van der Waals surface area contributed by atoms with Gasteiger partial charge in [0, 0.05) is 42.2 Å². The highest BCUT2D eigenvalue weighted by atomic mass is 16.5. The number of fused-ring (bicyclic) bond motifs is 1. The number of hydrogen-bond donors (Lipinski definition) is 1. The normalized spacial score (nSPS) is 24.8. The third-order valence-electron chi connectivity index (χ3n) is 6.49. The molecule has 0 amide bonds. The molecule has 3 rings (SSSR count). The van der Waals surface area contributed by atoms with E-state index < -0.39 is 0 Å². The molecular weight excluding hydrogens is 340 g/mol. The molecule has 1 aromatic carbocycles. The fraction of sp³-hybridized carbons (Fsp3) is 0.565. The summed E-state index contributed by atoms with van der Waals surface area (Å²) in [6.07, 6.45) is 1.64. The SMILES string of the molecule is CCCC(O)=C1C(=O)CC(c2c(C)c(C)c(C)c3c2OC(C)C3C)CC1=O. The fourth-order valence-electron chi connectivity index (χ4n) is 4.63. The zero-order chi connectivity index (χ0) is 20.0. The molecule has 146 valence electrons. The van der Waals surface area contributed by atoms with E-state index in [-0.39, 0.29) is 53.7 Å². The van der Waals surface area contributed by atoms with Crippen LogP contribution in [0.25, 0.3) is 0 Å². The first-order chi connectivity index (χ1) is 12.7. The fourth-order valence-corrected chi connectivity index (χ4v) is 4.63. The summed E-state index contributed by atoms with van der Waals surface area (Å²) in [6, 6.07) is 0. The lowest BCUT2D eigenvalue weighted by molar-refractivity contribution is -0.124. The Bertz CT molecular complexity index is 827. The van der Waals surface area contributed by atoms with Crippen molar-refractivity contribution in [2.45, 2.75) is 85.2 Å². The van der Waals surface area contributed by atoms with Crippen LogP contribution in [0.1, 0.15) is 86.1 Å². The smallest absolute Gasteiger partial charge is 0.170 e. The van der Waals surface area contributed by atoms with Crippen LogP contribution >= 0.6 is 0 Å². The van der Waals surface area contributed by atoms with Crippen LogP contribution in [0.15, 0.2) is 11.3 Å². The number of benzene rings is 1. The summed E-state index contributed by atoms with van der Waals surface area (Å²) < 4.78 is 6.22. The number of ether oxygens (including phenoxy) is 1. The number of aliphatic hydroxyl groups excluding tert-OH is 1. The highest BCUT2D eigenvalue weighted by Gasteiger charge is 2.40. The third kappa shape index (κ3) is 3.09. The lowest BCUT2D eigenvalue weighted by Gasteiger charge is -2.27. The van der Waals surface area contributed by atoms with Gasteiger partial charge in [0.2, 0.25) is 0 Å². The molecule has 4 nitrogen and oxygen atoms in total. The van der Waals surface area contributed by atoms with Gasteiger partial charge in [0.1, 0.15) is 17.6 Å². The summed E-state index contributed by atoms with van der Waals surface area (Å²) >= 11 is 0. The van der Waals surface area contributed by atoms with E-state index in [1.807, 2.05) is 6.92 Å². The molecule has 27 heavy (non-hydrogen) atoms. The van der Waals surface area contributed by atoms with E-state index in [0.29, 0.717) is 12.8 Å². The minimum absolute atomic E-state index is 0.0221. The molecular formula is C23H30O4. The highest BCUT2D eigenvalue weighted by Crippen LogP contribution is 2.50. The lowest BCUT2D eigenvalue weighted by atomic mass is 9.75. The van der Waals surface area contributed by atoms with Crippen molar-refractivity contribution >= 4 is 11.6 Å². The zero-order valence-corrected chi connectivity index (χ0v) is 17.2. The molecule has 0 bridgehead atoms. The molecule has 1 N–H and O–H groups in total. The van der Waals surface area contributed by atoms with Crippen molar-refractivity contribution in [1.29, 1.82) is 0 Å². The molecule has 1 fully saturated rings. The maximum Gasteiger partial charge on any atom is 0.170 e. The van der Waals surface area contributed by atoms with E-state index in [0.717, 1.165) is 16.9 Å². The second-order valence-corrected chi connectivity index (χ2v) is 8.17. The minimum Gasteiger partial charge on any atom is -0.511 e. The first-order valence-corrected chi connectivity index (χ1v) is 9.97. The van der Waals surface area contributed by atoms with Crippen molar-refractivity contribution < 1.29 is 19.4 Å². The number of hydrogen-bond acceptors (Lipinski definition) is 4. The summed E-state index contributed by atoms with van der Waals surface area (Å²) in [4.78, 5) is 25.4. The summed E-state index contributed by atoms with van der Waals surface area (Å²) in [5.74, 6) is 0.448. The van der Waals surface area contributed by atoms with E-state index >= 15 is 0 Å².